The van der Waals surface area contributed by atoms with Crippen molar-refractivity contribution in [3.63, 3.8) is 0 Å². The molecule has 9 heteroatoms. The van der Waals surface area contributed by atoms with Crippen LogP contribution in [0.25, 0.3) is 0 Å². The molecule has 2 aliphatic heterocycles. The second kappa shape index (κ2) is 8.94. The molecule has 2 aromatic carbocycles. The maximum absolute atomic E-state index is 14.2. The molecule has 40 heavy (non-hydrogen) atoms. The topological polar surface area (TPSA) is 91.4 Å². The minimum atomic E-state index is -1.06. The zero-order valence-corrected chi connectivity index (χ0v) is 22.6. The Labute approximate surface area is 231 Å². The first-order chi connectivity index (χ1) is 18.9. The molecule has 1 spiro atoms. The standard InChI is InChI=1S/C31H30F2N4O3/c1-29(2)8-9-30(3,20-12-21(32)14-22(33)13-20)37(28(29)40)17-25(38)35-23-7-6-18-15-31(16-19(18)11-23)24-5-4-10-34-26(24)36-27(31)39/h4-7,10-14H,8-9,15-17H2,1-3H3,(H,35,38)(H,34,36,39). The Hall–Kier alpha value is -4.14. The smallest absolute Gasteiger partial charge is 0.244 e. The van der Waals surface area contributed by atoms with Crippen LogP contribution in [0.4, 0.5) is 20.3 Å². The number of hydrogen-bond acceptors (Lipinski definition) is 4. The SMILES string of the molecule is CC1(C)CCC(C)(c2cc(F)cc(F)c2)N(CC(=O)Nc2ccc3c(c2)CC2(C3)C(=O)Nc3ncccc32)C1=O. The molecular formula is C31H30F2N4O3. The molecule has 6 rings (SSSR count). The van der Waals surface area contributed by atoms with E-state index in [1.807, 2.05) is 38.1 Å². The Morgan fingerprint density at radius 2 is 1.73 bits per heavy atom. The summed E-state index contributed by atoms with van der Waals surface area (Å²) in [6.07, 6.45) is 3.63. The lowest BCUT2D eigenvalue weighted by Crippen LogP contribution is -2.58. The first-order valence-electron chi connectivity index (χ1n) is 13.4. The van der Waals surface area contributed by atoms with Gasteiger partial charge >= 0.3 is 0 Å². The third kappa shape index (κ3) is 4.06. The summed E-state index contributed by atoms with van der Waals surface area (Å²) in [4.78, 5) is 45.6. The molecule has 2 unspecified atom stereocenters. The Morgan fingerprint density at radius 3 is 2.48 bits per heavy atom. The minimum Gasteiger partial charge on any atom is -0.325 e. The lowest BCUT2D eigenvalue weighted by Gasteiger charge is -2.50. The number of rotatable bonds is 4. The molecule has 2 N–H and O–H groups in total. The van der Waals surface area contributed by atoms with E-state index in [1.165, 1.54) is 17.0 Å². The molecule has 1 aromatic heterocycles. The van der Waals surface area contributed by atoms with E-state index in [0.29, 0.717) is 42.8 Å². The molecule has 3 aliphatic rings. The molecule has 0 radical (unpaired) electrons. The third-order valence-electron chi connectivity index (χ3n) is 8.91. The quantitative estimate of drug-likeness (QED) is 0.491. The van der Waals surface area contributed by atoms with Gasteiger partial charge in [0.05, 0.1) is 11.0 Å². The van der Waals surface area contributed by atoms with Gasteiger partial charge in [-0.2, -0.15) is 0 Å². The summed E-state index contributed by atoms with van der Waals surface area (Å²) < 4.78 is 28.3. The van der Waals surface area contributed by atoms with Gasteiger partial charge in [-0.05, 0) is 79.6 Å². The van der Waals surface area contributed by atoms with E-state index in [0.717, 1.165) is 22.8 Å². The number of hydrogen-bond donors (Lipinski definition) is 2. The number of nitrogens with zero attached hydrogens (tertiary/aromatic N) is 2. The normalized spacial score (nSPS) is 24.6. The summed E-state index contributed by atoms with van der Waals surface area (Å²) in [5.74, 6) is -1.63. The van der Waals surface area contributed by atoms with Crippen LogP contribution in [0.15, 0.2) is 54.7 Å². The average Bonchev–Trinajstić information content (AvgIpc) is 3.41. The van der Waals surface area contributed by atoms with Crippen molar-refractivity contribution in [2.45, 2.75) is 57.4 Å². The van der Waals surface area contributed by atoms with E-state index in [2.05, 4.69) is 15.6 Å². The molecule has 1 fully saturated rings. The highest BCUT2D eigenvalue weighted by Crippen LogP contribution is 2.47. The van der Waals surface area contributed by atoms with Crippen molar-refractivity contribution >= 4 is 29.2 Å². The van der Waals surface area contributed by atoms with Crippen molar-refractivity contribution in [3.8, 4) is 0 Å². The molecule has 1 aliphatic carbocycles. The van der Waals surface area contributed by atoms with Gasteiger partial charge in [-0.15, -0.1) is 0 Å². The van der Waals surface area contributed by atoms with Crippen LogP contribution >= 0.6 is 0 Å². The van der Waals surface area contributed by atoms with Crippen LogP contribution in [0.5, 0.6) is 0 Å². The Balaban J connectivity index is 1.24. The lowest BCUT2D eigenvalue weighted by atomic mass is 9.72. The number of piperidine rings is 1. The van der Waals surface area contributed by atoms with Gasteiger partial charge in [0.1, 0.15) is 24.0 Å². The van der Waals surface area contributed by atoms with Gasteiger partial charge in [0, 0.05) is 28.9 Å². The molecular weight excluding hydrogens is 514 g/mol. The zero-order chi connectivity index (χ0) is 28.4. The molecule has 3 heterocycles. The predicted molar refractivity (Wildman–Crippen MR) is 145 cm³/mol. The van der Waals surface area contributed by atoms with E-state index in [-0.39, 0.29) is 18.4 Å². The molecule has 0 bridgehead atoms. The van der Waals surface area contributed by atoms with Gasteiger partial charge in [0.2, 0.25) is 17.7 Å². The number of halogens is 2. The van der Waals surface area contributed by atoms with Crippen molar-refractivity contribution in [1.82, 2.24) is 9.88 Å². The fraction of sp³-hybridized carbons (Fsp3) is 0.355. The molecule has 1 saturated heterocycles. The molecule has 7 nitrogen and oxygen atoms in total. The van der Waals surface area contributed by atoms with Gasteiger partial charge < -0.3 is 15.5 Å². The number of aromatic nitrogens is 1. The van der Waals surface area contributed by atoms with Crippen LogP contribution in [0.2, 0.25) is 0 Å². The fourth-order valence-corrected chi connectivity index (χ4v) is 6.49. The summed E-state index contributed by atoms with van der Waals surface area (Å²) >= 11 is 0. The molecule has 3 amide bonds. The third-order valence-corrected chi connectivity index (χ3v) is 8.91. The summed E-state index contributed by atoms with van der Waals surface area (Å²) in [5, 5.41) is 5.79. The zero-order valence-electron chi connectivity index (χ0n) is 22.6. The van der Waals surface area contributed by atoms with Crippen LogP contribution in [-0.4, -0.2) is 34.2 Å². The van der Waals surface area contributed by atoms with E-state index >= 15 is 0 Å². The number of fused-ring (bicyclic) bond motifs is 3. The van der Waals surface area contributed by atoms with Gasteiger partial charge in [-0.25, -0.2) is 13.8 Å². The number of carbonyl (C=O) groups is 3. The number of amides is 3. The highest BCUT2D eigenvalue weighted by atomic mass is 19.1. The van der Waals surface area contributed by atoms with Crippen LogP contribution in [0.1, 0.15) is 55.9 Å². The first-order valence-corrected chi connectivity index (χ1v) is 13.4. The van der Waals surface area contributed by atoms with Crippen molar-refractivity contribution < 1.29 is 23.2 Å². The van der Waals surface area contributed by atoms with E-state index < -0.39 is 33.9 Å². The Bertz CT molecular complexity index is 1570. The average molecular weight is 545 g/mol. The molecule has 206 valence electrons. The van der Waals surface area contributed by atoms with Gasteiger partial charge in [-0.1, -0.05) is 26.0 Å². The number of pyridine rings is 1. The second-order valence-electron chi connectivity index (χ2n) is 12.0. The van der Waals surface area contributed by atoms with Gasteiger partial charge in [0.25, 0.3) is 0 Å². The number of likely N-dealkylation sites (tertiary alicyclic amines) is 1. The predicted octanol–water partition coefficient (Wildman–Crippen LogP) is 4.85. The van der Waals surface area contributed by atoms with Crippen LogP contribution in [-0.2, 0) is 38.2 Å². The van der Waals surface area contributed by atoms with Crippen LogP contribution < -0.4 is 10.6 Å². The fourth-order valence-electron chi connectivity index (χ4n) is 6.49. The van der Waals surface area contributed by atoms with Crippen molar-refractivity contribution in [3.05, 3.63) is 88.6 Å². The highest BCUT2D eigenvalue weighted by Gasteiger charge is 2.51. The van der Waals surface area contributed by atoms with Crippen LogP contribution in [0.3, 0.4) is 0 Å². The Morgan fingerprint density at radius 1 is 1.00 bits per heavy atom. The summed E-state index contributed by atoms with van der Waals surface area (Å²) in [6, 6.07) is 12.6. The van der Waals surface area contributed by atoms with Crippen molar-refractivity contribution in [2.75, 3.05) is 17.2 Å². The maximum Gasteiger partial charge on any atom is 0.244 e. The molecule has 3 aromatic rings. The second-order valence-corrected chi connectivity index (χ2v) is 12.0. The number of anilines is 2. The Kier molecular flexibility index (Phi) is 5.83. The summed E-state index contributed by atoms with van der Waals surface area (Å²) in [7, 11) is 0. The molecule has 0 saturated carbocycles. The number of nitrogens with one attached hydrogen (secondary N) is 2. The van der Waals surface area contributed by atoms with E-state index in [1.54, 1.807) is 19.2 Å². The number of carbonyl (C=O) groups excluding carboxylic acids is 3. The number of benzene rings is 2. The maximum atomic E-state index is 14.2. The summed E-state index contributed by atoms with van der Waals surface area (Å²) in [5.41, 5.74) is 1.22. The highest BCUT2D eigenvalue weighted by molar-refractivity contribution is 6.06. The van der Waals surface area contributed by atoms with E-state index in [9.17, 15) is 23.2 Å². The monoisotopic (exact) mass is 544 g/mol. The first kappa shape index (κ1) is 26.1. The van der Waals surface area contributed by atoms with E-state index in [4.69, 9.17) is 0 Å². The molecule has 2 atom stereocenters. The van der Waals surface area contributed by atoms with Crippen molar-refractivity contribution in [1.29, 1.82) is 0 Å². The van der Waals surface area contributed by atoms with Gasteiger partial charge in [0.15, 0.2) is 0 Å². The minimum absolute atomic E-state index is 0.0812. The van der Waals surface area contributed by atoms with Crippen molar-refractivity contribution in [2.24, 2.45) is 5.41 Å². The summed E-state index contributed by atoms with van der Waals surface area (Å²) in [6.45, 7) is 5.10. The lowest BCUT2D eigenvalue weighted by molar-refractivity contribution is -0.156. The van der Waals surface area contributed by atoms with Crippen LogP contribution in [0, 0.1) is 17.0 Å². The largest absolute Gasteiger partial charge is 0.325 e. The van der Waals surface area contributed by atoms with Gasteiger partial charge in [-0.3, -0.25) is 14.4 Å².